The third-order valence-electron chi connectivity index (χ3n) is 5.37. The normalized spacial score (nSPS) is 15.6. The summed E-state index contributed by atoms with van der Waals surface area (Å²) in [5.41, 5.74) is 0.328. The predicted octanol–water partition coefficient (Wildman–Crippen LogP) is 2.47. The molecule has 1 N–H and O–H groups in total. The first-order chi connectivity index (χ1) is 16.0. The Kier molecular flexibility index (Phi) is 8.45. The van der Waals surface area contributed by atoms with Crippen molar-refractivity contribution in [2.24, 2.45) is 0 Å². The first-order valence-corrected chi connectivity index (χ1v) is 14.4. The molecule has 1 fully saturated rings. The number of anilines is 1. The maximum Gasteiger partial charge on any atom is 0.243 e. The highest BCUT2D eigenvalue weighted by Crippen LogP contribution is 2.24. The van der Waals surface area contributed by atoms with Crippen LogP contribution in [0.4, 0.5) is 5.69 Å². The maximum atomic E-state index is 12.6. The van der Waals surface area contributed by atoms with Gasteiger partial charge in [-0.3, -0.25) is 9.10 Å². The third kappa shape index (κ3) is 6.41. The minimum Gasteiger partial charge on any atom is -0.492 e. The number of sulfonamides is 2. The van der Waals surface area contributed by atoms with Crippen molar-refractivity contribution in [2.45, 2.75) is 30.7 Å². The monoisotopic (exact) mass is 529 g/mol. The molecule has 1 heterocycles. The molecule has 0 radical (unpaired) electrons. The van der Waals surface area contributed by atoms with E-state index >= 15 is 0 Å². The molecular weight excluding hydrogens is 502 g/mol. The van der Waals surface area contributed by atoms with E-state index in [0.717, 1.165) is 23.4 Å². The second-order valence-corrected chi connectivity index (χ2v) is 12.2. The number of ether oxygens (including phenoxy) is 1. The molecule has 3 rings (SSSR count). The van der Waals surface area contributed by atoms with E-state index in [-0.39, 0.29) is 18.0 Å². The van der Waals surface area contributed by atoms with Crippen LogP contribution in [0, 0.1) is 0 Å². The number of carbonyl (C=O) groups excluding carboxylic acids is 1. The molecule has 2 aromatic rings. The average molecular weight is 530 g/mol. The summed E-state index contributed by atoms with van der Waals surface area (Å²) in [4.78, 5) is 12.8. The fourth-order valence-electron chi connectivity index (χ4n) is 3.67. The Hall–Kier alpha value is -2.34. The molecule has 9 nitrogen and oxygen atoms in total. The maximum absolute atomic E-state index is 12.6. The van der Waals surface area contributed by atoms with Crippen molar-refractivity contribution >= 4 is 43.2 Å². The number of hydrogen-bond acceptors (Lipinski definition) is 6. The molecule has 0 aliphatic carbocycles. The Morgan fingerprint density at radius 2 is 1.65 bits per heavy atom. The van der Waals surface area contributed by atoms with E-state index in [0.29, 0.717) is 29.5 Å². The molecule has 0 saturated carbocycles. The van der Waals surface area contributed by atoms with Crippen LogP contribution in [-0.4, -0.2) is 65.6 Å². The van der Waals surface area contributed by atoms with Gasteiger partial charge in [0.05, 0.1) is 23.4 Å². The highest BCUT2D eigenvalue weighted by molar-refractivity contribution is 7.92. The van der Waals surface area contributed by atoms with Gasteiger partial charge < -0.3 is 10.1 Å². The molecule has 186 valence electrons. The highest BCUT2D eigenvalue weighted by atomic mass is 35.5. The topological polar surface area (TPSA) is 113 Å². The number of rotatable bonds is 10. The summed E-state index contributed by atoms with van der Waals surface area (Å²) in [6, 6.07) is 11.3. The molecule has 12 heteroatoms. The molecular formula is C22H28ClN3O6S2. The van der Waals surface area contributed by atoms with Crippen molar-refractivity contribution in [3.8, 4) is 5.75 Å². The van der Waals surface area contributed by atoms with Gasteiger partial charge in [-0.15, -0.1) is 0 Å². The summed E-state index contributed by atoms with van der Waals surface area (Å²) in [6.45, 7) is 2.82. The van der Waals surface area contributed by atoms with Crippen LogP contribution in [-0.2, 0) is 24.8 Å². The molecule has 34 heavy (non-hydrogen) atoms. The largest absolute Gasteiger partial charge is 0.492 e. The van der Waals surface area contributed by atoms with Crippen molar-refractivity contribution in [1.82, 2.24) is 9.62 Å². The molecule has 1 saturated heterocycles. The minimum absolute atomic E-state index is 0.122. The second kappa shape index (κ2) is 10.9. The number of benzene rings is 2. The Balaban J connectivity index is 1.53. The van der Waals surface area contributed by atoms with Gasteiger partial charge in [0.15, 0.2) is 0 Å². The zero-order chi connectivity index (χ0) is 24.9. The standard InChI is InChI=1S/C22H28ClN3O6S2/c1-17(26(33(2,28)29)19-7-5-18(23)6-8-19)22(27)24-13-16-32-20-9-11-21(12-10-20)34(30,31)25-14-3-4-15-25/h5-12,17H,3-4,13-16H2,1-2H3,(H,24,27)/t17-/m0/s1. The van der Waals surface area contributed by atoms with Crippen LogP contribution in [0.25, 0.3) is 0 Å². The van der Waals surface area contributed by atoms with Crippen LogP contribution in [0.15, 0.2) is 53.4 Å². The molecule has 2 aromatic carbocycles. The fraction of sp³-hybridized carbons (Fsp3) is 0.409. The average Bonchev–Trinajstić information content (AvgIpc) is 3.33. The van der Waals surface area contributed by atoms with E-state index in [1.807, 2.05) is 0 Å². The number of nitrogens with one attached hydrogen (secondary N) is 1. The van der Waals surface area contributed by atoms with E-state index in [9.17, 15) is 21.6 Å². The van der Waals surface area contributed by atoms with Gasteiger partial charge in [-0.25, -0.2) is 16.8 Å². The predicted molar refractivity (Wildman–Crippen MR) is 131 cm³/mol. The number of halogens is 1. The third-order valence-corrected chi connectivity index (χ3v) is 8.77. The summed E-state index contributed by atoms with van der Waals surface area (Å²) in [5, 5.41) is 3.11. The molecule has 0 spiro atoms. The molecule has 0 bridgehead atoms. The van der Waals surface area contributed by atoms with E-state index in [2.05, 4.69) is 5.32 Å². The van der Waals surface area contributed by atoms with Crippen molar-refractivity contribution in [1.29, 1.82) is 0 Å². The number of amides is 1. The number of hydrogen-bond donors (Lipinski definition) is 1. The Labute approximate surface area is 205 Å². The zero-order valence-corrected chi connectivity index (χ0v) is 21.4. The van der Waals surface area contributed by atoms with Crippen LogP contribution >= 0.6 is 11.6 Å². The van der Waals surface area contributed by atoms with Gasteiger partial charge in [0, 0.05) is 18.1 Å². The number of carbonyl (C=O) groups is 1. The minimum atomic E-state index is -3.73. The SMILES string of the molecule is C[C@@H](C(=O)NCCOc1ccc(S(=O)(=O)N2CCCC2)cc1)N(c1ccc(Cl)cc1)S(C)(=O)=O. The molecule has 0 aromatic heterocycles. The summed E-state index contributed by atoms with van der Waals surface area (Å²) in [6.07, 6.45) is 2.76. The van der Waals surface area contributed by atoms with Gasteiger partial charge in [0.1, 0.15) is 18.4 Å². The fourth-order valence-corrected chi connectivity index (χ4v) is 6.49. The lowest BCUT2D eigenvalue weighted by Gasteiger charge is -2.28. The lowest BCUT2D eigenvalue weighted by atomic mass is 10.2. The van der Waals surface area contributed by atoms with Crippen LogP contribution in [0.5, 0.6) is 5.75 Å². The van der Waals surface area contributed by atoms with E-state index in [1.165, 1.54) is 35.5 Å². The van der Waals surface area contributed by atoms with Crippen molar-refractivity contribution in [3.05, 3.63) is 53.6 Å². The van der Waals surface area contributed by atoms with Crippen LogP contribution in [0.1, 0.15) is 19.8 Å². The van der Waals surface area contributed by atoms with E-state index < -0.39 is 32.0 Å². The lowest BCUT2D eigenvalue weighted by molar-refractivity contribution is -0.121. The summed E-state index contributed by atoms with van der Waals surface area (Å²) in [5.74, 6) is -0.0300. The molecule has 1 aliphatic rings. The zero-order valence-electron chi connectivity index (χ0n) is 19.0. The van der Waals surface area contributed by atoms with Crippen molar-refractivity contribution < 1.29 is 26.4 Å². The molecule has 1 atom stereocenters. The lowest BCUT2D eigenvalue weighted by Crippen LogP contribution is -2.48. The van der Waals surface area contributed by atoms with Crippen molar-refractivity contribution in [3.63, 3.8) is 0 Å². The quantitative estimate of drug-likeness (QED) is 0.473. The van der Waals surface area contributed by atoms with Gasteiger partial charge in [-0.05, 0) is 68.3 Å². The molecule has 1 amide bonds. The number of nitrogens with zero attached hydrogens (tertiary/aromatic N) is 2. The van der Waals surface area contributed by atoms with Gasteiger partial charge >= 0.3 is 0 Å². The smallest absolute Gasteiger partial charge is 0.243 e. The first-order valence-electron chi connectivity index (χ1n) is 10.8. The van der Waals surface area contributed by atoms with Crippen LogP contribution in [0.2, 0.25) is 5.02 Å². The Bertz CT molecular complexity index is 1200. The summed E-state index contributed by atoms with van der Waals surface area (Å²) < 4.78 is 57.8. The van der Waals surface area contributed by atoms with Gasteiger partial charge in [0.25, 0.3) is 0 Å². The van der Waals surface area contributed by atoms with Gasteiger partial charge in [-0.2, -0.15) is 4.31 Å². The van der Waals surface area contributed by atoms with Gasteiger partial charge in [0.2, 0.25) is 26.0 Å². The second-order valence-electron chi connectivity index (χ2n) is 7.93. The summed E-state index contributed by atoms with van der Waals surface area (Å²) in [7, 11) is -7.21. The molecule has 0 unspecified atom stereocenters. The van der Waals surface area contributed by atoms with Crippen molar-refractivity contribution in [2.75, 3.05) is 36.8 Å². The summed E-state index contributed by atoms with van der Waals surface area (Å²) >= 11 is 5.88. The van der Waals surface area contributed by atoms with E-state index in [1.54, 1.807) is 24.3 Å². The Morgan fingerprint density at radius 3 is 2.21 bits per heavy atom. The molecule has 1 aliphatic heterocycles. The Morgan fingerprint density at radius 1 is 1.06 bits per heavy atom. The van der Waals surface area contributed by atoms with Crippen LogP contribution in [0.3, 0.4) is 0 Å². The van der Waals surface area contributed by atoms with Gasteiger partial charge in [-0.1, -0.05) is 11.6 Å². The van der Waals surface area contributed by atoms with Crippen LogP contribution < -0.4 is 14.4 Å². The van der Waals surface area contributed by atoms with E-state index in [4.69, 9.17) is 16.3 Å². The first kappa shape index (κ1) is 26.3. The highest BCUT2D eigenvalue weighted by Gasteiger charge is 2.29.